The minimum Gasteiger partial charge on any atom is -0.351 e. The molecular weight excluding hydrogens is 293 g/mol. The van der Waals surface area contributed by atoms with Crippen LogP contribution in [0.2, 0.25) is 5.02 Å². The number of nitrogens with one attached hydrogen (secondary N) is 2. The molecule has 0 saturated carbocycles. The Balaban J connectivity index is 2.09. The third kappa shape index (κ3) is 2.76. The van der Waals surface area contributed by atoms with Crippen molar-refractivity contribution in [3.05, 3.63) is 34.9 Å². The van der Waals surface area contributed by atoms with Crippen LogP contribution >= 0.6 is 11.6 Å². The summed E-state index contributed by atoms with van der Waals surface area (Å²) in [4.78, 5) is 12.0. The van der Waals surface area contributed by atoms with Crippen molar-refractivity contribution in [3.8, 4) is 0 Å². The van der Waals surface area contributed by atoms with E-state index in [1.807, 2.05) is 0 Å². The van der Waals surface area contributed by atoms with E-state index in [2.05, 4.69) is 10.6 Å². The van der Waals surface area contributed by atoms with Crippen molar-refractivity contribution in [1.29, 1.82) is 0 Å². The molecule has 110 valence electrons. The number of amides is 1. The monoisotopic (exact) mass is 306 g/mol. The van der Waals surface area contributed by atoms with Gasteiger partial charge in [0.2, 0.25) is 5.91 Å². The van der Waals surface area contributed by atoms with Crippen LogP contribution < -0.4 is 10.6 Å². The standard InChI is InChI=1S/C13H14ClF3N2O/c14-10-4-2-1-3-9(10)7-19-11(20)12(13(15,16)17)5-6-18-8-12/h1-4,18H,5-8H2,(H,19,20). The summed E-state index contributed by atoms with van der Waals surface area (Å²) in [5, 5.41) is 5.36. The van der Waals surface area contributed by atoms with Gasteiger partial charge in [-0.15, -0.1) is 0 Å². The summed E-state index contributed by atoms with van der Waals surface area (Å²) < 4.78 is 39.4. The maximum Gasteiger partial charge on any atom is 0.404 e. The number of halogens is 4. The molecule has 2 N–H and O–H groups in total. The highest BCUT2D eigenvalue weighted by Gasteiger charge is 2.61. The number of benzene rings is 1. The van der Waals surface area contributed by atoms with Crippen molar-refractivity contribution in [2.45, 2.75) is 19.1 Å². The first-order valence-electron chi connectivity index (χ1n) is 6.16. The van der Waals surface area contributed by atoms with Gasteiger partial charge in [0.25, 0.3) is 0 Å². The van der Waals surface area contributed by atoms with E-state index in [1.165, 1.54) is 0 Å². The normalized spacial score (nSPS) is 22.8. The molecule has 1 aromatic carbocycles. The van der Waals surface area contributed by atoms with Gasteiger partial charge in [0.05, 0.1) is 0 Å². The number of carbonyl (C=O) groups excluding carboxylic acids is 1. The van der Waals surface area contributed by atoms with Gasteiger partial charge >= 0.3 is 6.18 Å². The lowest BCUT2D eigenvalue weighted by Crippen LogP contribution is -2.52. The summed E-state index contributed by atoms with van der Waals surface area (Å²) in [6.45, 7) is -0.222. The molecule has 1 saturated heterocycles. The molecule has 1 aromatic rings. The van der Waals surface area contributed by atoms with Crippen LogP contribution in [0.15, 0.2) is 24.3 Å². The van der Waals surface area contributed by atoms with Gasteiger partial charge in [-0.2, -0.15) is 13.2 Å². The van der Waals surface area contributed by atoms with Crippen LogP contribution in [0.3, 0.4) is 0 Å². The Morgan fingerprint density at radius 1 is 1.40 bits per heavy atom. The zero-order valence-electron chi connectivity index (χ0n) is 10.6. The number of alkyl halides is 3. The highest BCUT2D eigenvalue weighted by Crippen LogP contribution is 2.43. The predicted molar refractivity (Wildman–Crippen MR) is 69.3 cm³/mol. The SMILES string of the molecule is O=C(NCc1ccccc1Cl)C1(C(F)(F)F)CCNC1. The molecule has 1 unspecified atom stereocenters. The van der Waals surface area contributed by atoms with Crippen molar-refractivity contribution >= 4 is 17.5 Å². The Labute approximate surface area is 119 Å². The van der Waals surface area contributed by atoms with E-state index in [0.29, 0.717) is 10.6 Å². The van der Waals surface area contributed by atoms with E-state index in [-0.39, 0.29) is 26.1 Å². The van der Waals surface area contributed by atoms with Crippen LogP contribution in [0.4, 0.5) is 13.2 Å². The van der Waals surface area contributed by atoms with E-state index < -0.39 is 17.5 Å². The Hall–Kier alpha value is -1.27. The van der Waals surface area contributed by atoms with Crippen molar-refractivity contribution in [1.82, 2.24) is 10.6 Å². The summed E-state index contributed by atoms with van der Waals surface area (Å²) in [5.74, 6) is -1.00. The first-order valence-corrected chi connectivity index (χ1v) is 6.54. The van der Waals surface area contributed by atoms with Gasteiger partial charge in [-0.3, -0.25) is 4.79 Å². The van der Waals surface area contributed by atoms with Crippen LogP contribution in [0.5, 0.6) is 0 Å². The van der Waals surface area contributed by atoms with E-state index in [1.54, 1.807) is 24.3 Å². The lowest BCUT2D eigenvalue weighted by Gasteiger charge is -2.29. The molecule has 2 rings (SSSR count). The molecule has 1 fully saturated rings. The fourth-order valence-electron chi connectivity index (χ4n) is 2.24. The second-order valence-corrected chi connectivity index (χ2v) is 5.19. The number of hydrogen-bond acceptors (Lipinski definition) is 2. The van der Waals surface area contributed by atoms with Crippen LogP contribution in [0.1, 0.15) is 12.0 Å². The summed E-state index contributed by atoms with van der Waals surface area (Å²) in [7, 11) is 0. The van der Waals surface area contributed by atoms with Gasteiger partial charge in [-0.1, -0.05) is 29.8 Å². The zero-order valence-corrected chi connectivity index (χ0v) is 11.3. The number of carbonyl (C=O) groups is 1. The first-order chi connectivity index (χ1) is 9.37. The smallest absolute Gasteiger partial charge is 0.351 e. The van der Waals surface area contributed by atoms with Crippen molar-refractivity contribution < 1.29 is 18.0 Å². The average molecular weight is 307 g/mol. The van der Waals surface area contributed by atoms with Gasteiger partial charge < -0.3 is 10.6 Å². The highest BCUT2D eigenvalue weighted by molar-refractivity contribution is 6.31. The molecule has 1 aliphatic heterocycles. The quantitative estimate of drug-likeness (QED) is 0.901. The fourth-order valence-corrected chi connectivity index (χ4v) is 2.45. The number of rotatable bonds is 3. The largest absolute Gasteiger partial charge is 0.404 e. The second kappa shape index (κ2) is 5.61. The van der Waals surface area contributed by atoms with Crippen LogP contribution in [0.25, 0.3) is 0 Å². The van der Waals surface area contributed by atoms with E-state index in [0.717, 1.165) is 0 Å². The molecule has 1 amide bonds. The maximum atomic E-state index is 13.1. The molecule has 0 radical (unpaired) electrons. The first kappa shape index (κ1) is 15.1. The maximum absolute atomic E-state index is 13.1. The van der Waals surface area contributed by atoms with Gasteiger partial charge in [0, 0.05) is 18.1 Å². The van der Waals surface area contributed by atoms with Crippen LogP contribution in [-0.4, -0.2) is 25.2 Å². The van der Waals surface area contributed by atoms with E-state index >= 15 is 0 Å². The average Bonchev–Trinajstić information content (AvgIpc) is 2.87. The van der Waals surface area contributed by atoms with Gasteiger partial charge in [-0.05, 0) is 24.6 Å². The molecule has 7 heteroatoms. The summed E-state index contributed by atoms with van der Waals surface area (Å²) in [6, 6.07) is 6.71. The van der Waals surface area contributed by atoms with Gasteiger partial charge in [-0.25, -0.2) is 0 Å². The summed E-state index contributed by atoms with van der Waals surface area (Å²) in [5.41, 5.74) is -1.75. The summed E-state index contributed by atoms with van der Waals surface area (Å²) >= 11 is 5.91. The lowest BCUT2D eigenvalue weighted by molar-refractivity contribution is -0.216. The van der Waals surface area contributed by atoms with Gasteiger partial charge in [0.1, 0.15) is 0 Å². The minimum absolute atomic E-state index is 0.0175. The molecule has 1 atom stereocenters. The molecule has 0 aliphatic carbocycles. The number of hydrogen-bond donors (Lipinski definition) is 2. The van der Waals surface area contributed by atoms with Crippen LogP contribution in [0, 0.1) is 5.41 Å². The summed E-state index contributed by atoms with van der Waals surface area (Å²) in [6.07, 6.45) is -4.81. The minimum atomic E-state index is -4.57. The molecule has 0 bridgehead atoms. The molecular formula is C13H14ClF3N2O. The molecule has 3 nitrogen and oxygen atoms in total. The van der Waals surface area contributed by atoms with Crippen molar-refractivity contribution in [2.24, 2.45) is 5.41 Å². The van der Waals surface area contributed by atoms with E-state index in [9.17, 15) is 18.0 Å². The predicted octanol–water partition coefficient (Wildman–Crippen LogP) is 2.50. The Morgan fingerprint density at radius 3 is 2.65 bits per heavy atom. The topological polar surface area (TPSA) is 41.1 Å². The second-order valence-electron chi connectivity index (χ2n) is 4.78. The van der Waals surface area contributed by atoms with Crippen molar-refractivity contribution in [3.63, 3.8) is 0 Å². The highest BCUT2D eigenvalue weighted by atomic mass is 35.5. The Kier molecular flexibility index (Phi) is 4.25. The zero-order chi connectivity index (χ0) is 14.8. The van der Waals surface area contributed by atoms with Gasteiger partial charge in [0.15, 0.2) is 5.41 Å². The van der Waals surface area contributed by atoms with E-state index in [4.69, 9.17) is 11.6 Å². The van der Waals surface area contributed by atoms with Crippen molar-refractivity contribution in [2.75, 3.05) is 13.1 Å². The molecule has 0 aromatic heterocycles. The Morgan fingerprint density at radius 2 is 2.10 bits per heavy atom. The van der Waals surface area contributed by atoms with Crippen LogP contribution in [-0.2, 0) is 11.3 Å². The third-order valence-electron chi connectivity index (χ3n) is 3.53. The molecule has 1 aliphatic rings. The fraction of sp³-hybridized carbons (Fsp3) is 0.462. The molecule has 20 heavy (non-hydrogen) atoms. The molecule has 1 heterocycles. The lowest BCUT2D eigenvalue weighted by atomic mass is 9.85. The molecule has 0 spiro atoms. The Bertz CT molecular complexity index is 499. The third-order valence-corrected chi connectivity index (χ3v) is 3.90.